The summed E-state index contributed by atoms with van der Waals surface area (Å²) in [4.78, 5) is 33.5. The van der Waals surface area contributed by atoms with Crippen molar-refractivity contribution in [2.24, 2.45) is 0 Å². The number of aromatic nitrogens is 4. The summed E-state index contributed by atoms with van der Waals surface area (Å²) in [5.41, 5.74) is 3.02. The van der Waals surface area contributed by atoms with Crippen molar-refractivity contribution in [3.05, 3.63) is 101 Å². The maximum Gasteiger partial charge on any atom is 0.301 e. The Morgan fingerprint density at radius 2 is 1.84 bits per heavy atom. The van der Waals surface area contributed by atoms with E-state index in [4.69, 9.17) is 9.47 Å². The van der Waals surface area contributed by atoms with Gasteiger partial charge >= 0.3 is 5.91 Å². The number of hydrogen-bond donors (Lipinski definition) is 1. The molecule has 1 atom stereocenters. The van der Waals surface area contributed by atoms with Gasteiger partial charge in [0.2, 0.25) is 5.13 Å². The number of Topliss-reactive ketones (excluding diaryl/α,β-unsaturated/α-hetero) is 1. The minimum Gasteiger partial charge on any atom is -0.505 e. The number of nitrogens with zero attached hydrogens (tertiary/aromatic N) is 5. The quantitative estimate of drug-likeness (QED) is 0.0425. The highest BCUT2D eigenvalue weighted by Crippen LogP contribution is 2.46. The molecule has 1 unspecified atom stereocenters. The second-order valence-corrected chi connectivity index (χ2v) is 12.6. The standard InChI is InChI=1S/C33H31N5O5S2/c1-4-5-17-43-23-15-14-22(18-24(23)42-3)28-26(29(39)27-20(2)34-25-13-9-10-16-37(25)27)30(40)31(41)38(28)32-35-36-33(45-32)44-19-21-11-7-6-8-12-21/h6-16,18,28,39H,4-5,17,19H2,1-3H3. The van der Waals surface area contributed by atoms with E-state index in [0.717, 1.165) is 18.4 Å². The van der Waals surface area contributed by atoms with E-state index in [1.807, 2.05) is 36.4 Å². The predicted molar refractivity (Wildman–Crippen MR) is 174 cm³/mol. The number of amides is 1. The number of benzene rings is 2. The van der Waals surface area contributed by atoms with Gasteiger partial charge in [-0.2, -0.15) is 0 Å². The van der Waals surface area contributed by atoms with Gasteiger partial charge in [0, 0.05) is 11.9 Å². The number of carbonyl (C=O) groups is 2. The number of imidazole rings is 1. The van der Waals surface area contributed by atoms with Crippen LogP contribution in [0.25, 0.3) is 11.4 Å². The zero-order valence-electron chi connectivity index (χ0n) is 25.0. The van der Waals surface area contributed by atoms with Crippen LogP contribution in [0.1, 0.15) is 48.3 Å². The number of anilines is 1. The van der Waals surface area contributed by atoms with Crippen LogP contribution in [0.2, 0.25) is 0 Å². The van der Waals surface area contributed by atoms with Crippen molar-refractivity contribution in [3.8, 4) is 11.5 Å². The third-order valence-electron chi connectivity index (χ3n) is 7.44. The van der Waals surface area contributed by atoms with Gasteiger partial charge in [-0.25, -0.2) is 4.98 Å². The Bertz CT molecular complexity index is 1900. The minimum absolute atomic E-state index is 0.0795. The third-order valence-corrected chi connectivity index (χ3v) is 9.57. The van der Waals surface area contributed by atoms with Crippen molar-refractivity contribution in [3.63, 3.8) is 0 Å². The molecule has 1 aliphatic heterocycles. The number of methoxy groups -OCH3 is 1. The van der Waals surface area contributed by atoms with Crippen LogP contribution in [0.15, 0.2) is 82.8 Å². The summed E-state index contributed by atoms with van der Waals surface area (Å²) in [5.74, 6) is -0.328. The van der Waals surface area contributed by atoms with Crippen LogP contribution in [0.3, 0.4) is 0 Å². The SMILES string of the molecule is CCCCOc1ccc(C2C(=C(O)c3c(C)nc4ccccn34)C(=O)C(=O)N2c2nnc(SCc3ccccc3)s2)cc1OC. The number of aliphatic hydroxyl groups is 1. The van der Waals surface area contributed by atoms with Crippen LogP contribution in [-0.2, 0) is 15.3 Å². The summed E-state index contributed by atoms with van der Waals surface area (Å²) in [5, 5.41) is 20.7. The lowest BCUT2D eigenvalue weighted by Gasteiger charge is -2.23. The second kappa shape index (κ2) is 13.1. The van der Waals surface area contributed by atoms with Gasteiger partial charge in [0.15, 0.2) is 21.6 Å². The van der Waals surface area contributed by atoms with Gasteiger partial charge in [0.05, 0.1) is 31.0 Å². The number of pyridine rings is 1. The van der Waals surface area contributed by atoms with Crippen LogP contribution < -0.4 is 14.4 Å². The molecule has 10 nitrogen and oxygen atoms in total. The molecule has 0 aliphatic carbocycles. The molecule has 0 saturated carbocycles. The van der Waals surface area contributed by atoms with E-state index in [0.29, 0.717) is 50.8 Å². The van der Waals surface area contributed by atoms with Gasteiger partial charge in [-0.05, 0) is 48.7 Å². The minimum atomic E-state index is -1.02. The molecule has 1 saturated heterocycles. The normalized spacial score (nSPS) is 16.1. The first-order valence-electron chi connectivity index (χ1n) is 14.5. The van der Waals surface area contributed by atoms with Gasteiger partial charge in [-0.1, -0.05) is 78.9 Å². The Kier molecular flexibility index (Phi) is 8.85. The molecule has 0 radical (unpaired) electrons. The van der Waals surface area contributed by atoms with E-state index in [-0.39, 0.29) is 16.5 Å². The molecule has 4 heterocycles. The molecule has 6 rings (SSSR count). The first kappa shape index (κ1) is 30.4. The molecule has 5 aromatic rings. The number of unbranched alkanes of at least 4 members (excludes halogenated alkanes) is 1. The first-order chi connectivity index (χ1) is 21.9. The summed E-state index contributed by atoms with van der Waals surface area (Å²) < 4.78 is 13.9. The van der Waals surface area contributed by atoms with Gasteiger partial charge in [-0.3, -0.25) is 18.9 Å². The largest absolute Gasteiger partial charge is 0.505 e. The topological polar surface area (TPSA) is 119 Å². The van der Waals surface area contributed by atoms with E-state index in [9.17, 15) is 14.7 Å². The number of ether oxygens (including phenoxy) is 2. The van der Waals surface area contributed by atoms with Crippen LogP contribution in [0, 0.1) is 6.92 Å². The summed E-state index contributed by atoms with van der Waals surface area (Å²) in [7, 11) is 1.53. The van der Waals surface area contributed by atoms with Crippen LogP contribution in [-0.4, -0.2) is 50.1 Å². The smallest absolute Gasteiger partial charge is 0.301 e. The summed E-state index contributed by atoms with van der Waals surface area (Å²) in [6, 6.07) is 19.6. The number of hydrogen-bond acceptors (Lipinski definition) is 10. The lowest BCUT2D eigenvalue weighted by atomic mass is 9.96. The maximum atomic E-state index is 13.8. The van der Waals surface area contributed by atoms with Crippen molar-refractivity contribution in [2.45, 2.75) is 42.8 Å². The Morgan fingerprint density at radius 1 is 1.04 bits per heavy atom. The molecule has 12 heteroatoms. The molecule has 1 aliphatic rings. The molecule has 3 aromatic heterocycles. The van der Waals surface area contributed by atoms with Gasteiger partial charge in [-0.15, -0.1) is 10.2 Å². The molecule has 1 N–H and O–H groups in total. The summed E-state index contributed by atoms with van der Waals surface area (Å²) in [6.45, 7) is 4.35. The Labute approximate surface area is 268 Å². The molecule has 2 aromatic carbocycles. The fraction of sp³-hybridized carbons (Fsp3) is 0.242. The zero-order chi connectivity index (χ0) is 31.5. The lowest BCUT2D eigenvalue weighted by molar-refractivity contribution is -0.132. The average molecular weight is 642 g/mol. The highest BCUT2D eigenvalue weighted by Gasteiger charge is 2.49. The van der Waals surface area contributed by atoms with Crippen molar-refractivity contribution in [1.82, 2.24) is 19.6 Å². The number of thioether (sulfide) groups is 1. The molecular weight excluding hydrogens is 611 g/mol. The van der Waals surface area contributed by atoms with Crippen LogP contribution in [0.4, 0.5) is 5.13 Å². The van der Waals surface area contributed by atoms with Gasteiger partial charge in [0.1, 0.15) is 11.3 Å². The molecule has 230 valence electrons. The van der Waals surface area contributed by atoms with E-state index in [2.05, 4.69) is 22.1 Å². The van der Waals surface area contributed by atoms with E-state index in [1.54, 1.807) is 47.9 Å². The molecule has 45 heavy (non-hydrogen) atoms. The Hall–Kier alpha value is -4.68. The van der Waals surface area contributed by atoms with Crippen LogP contribution in [0.5, 0.6) is 11.5 Å². The molecule has 1 fully saturated rings. The number of carbonyl (C=O) groups excluding carboxylic acids is 2. The molecule has 0 bridgehead atoms. The van der Waals surface area contributed by atoms with Crippen molar-refractivity contribution in [1.29, 1.82) is 0 Å². The van der Waals surface area contributed by atoms with E-state index < -0.39 is 17.7 Å². The Balaban J connectivity index is 1.46. The maximum absolute atomic E-state index is 13.8. The summed E-state index contributed by atoms with van der Waals surface area (Å²) >= 11 is 2.70. The number of rotatable bonds is 11. The van der Waals surface area contributed by atoms with Crippen molar-refractivity contribution >= 4 is 51.3 Å². The van der Waals surface area contributed by atoms with Gasteiger partial charge < -0.3 is 14.6 Å². The average Bonchev–Trinajstić information content (AvgIpc) is 3.74. The van der Waals surface area contributed by atoms with Crippen LogP contribution >= 0.6 is 23.1 Å². The predicted octanol–water partition coefficient (Wildman–Crippen LogP) is 6.60. The Morgan fingerprint density at radius 3 is 2.62 bits per heavy atom. The second-order valence-electron chi connectivity index (χ2n) is 10.4. The van der Waals surface area contributed by atoms with E-state index in [1.165, 1.54) is 35.1 Å². The van der Waals surface area contributed by atoms with Gasteiger partial charge in [0.25, 0.3) is 5.78 Å². The third kappa shape index (κ3) is 5.90. The van der Waals surface area contributed by atoms with Crippen molar-refractivity contribution < 1.29 is 24.2 Å². The highest BCUT2D eigenvalue weighted by atomic mass is 32.2. The monoisotopic (exact) mass is 641 g/mol. The highest BCUT2D eigenvalue weighted by molar-refractivity contribution is 8.00. The number of aliphatic hydroxyl groups excluding tert-OH is 1. The lowest BCUT2D eigenvalue weighted by Crippen LogP contribution is -2.29. The van der Waals surface area contributed by atoms with Crippen molar-refractivity contribution in [2.75, 3.05) is 18.6 Å². The number of fused-ring (bicyclic) bond motifs is 1. The molecular formula is C33H31N5O5S2. The molecule has 0 spiro atoms. The number of ketones is 1. The number of aryl methyl sites for hydroxylation is 1. The summed E-state index contributed by atoms with van der Waals surface area (Å²) in [6.07, 6.45) is 3.61. The molecule has 1 amide bonds. The zero-order valence-corrected chi connectivity index (χ0v) is 26.6. The fourth-order valence-corrected chi connectivity index (χ4v) is 7.07. The first-order valence-corrected chi connectivity index (χ1v) is 16.3. The van der Waals surface area contributed by atoms with E-state index >= 15 is 0 Å². The fourth-order valence-electron chi connectivity index (χ4n) is 5.25.